The normalized spacial score (nSPS) is 12.2. The average Bonchev–Trinajstić information content (AvgIpc) is 3.93. The molecule has 0 bridgehead atoms. The van der Waals surface area contributed by atoms with Crippen molar-refractivity contribution in [3.63, 3.8) is 0 Å². The minimum Gasteiger partial charge on any atom is -0.377 e. The van der Waals surface area contributed by atoms with Gasteiger partial charge in [-0.15, -0.1) is 79.4 Å². The van der Waals surface area contributed by atoms with Crippen molar-refractivity contribution in [2.24, 2.45) is 0 Å². The molecule has 0 unspecified atom stereocenters. The van der Waals surface area contributed by atoms with Crippen LogP contribution in [0.4, 0.5) is 5.00 Å². The molecule has 49 heavy (non-hydrogen) atoms. The van der Waals surface area contributed by atoms with Gasteiger partial charge in [0, 0.05) is 61.2 Å². The zero-order valence-electron chi connectivity index (χ0n) is 28.1. The molecule has 1 N–H and O–H groups in total. The van der Waals surface area contributed by atoms with E-state index in [1.807, 2.05) is 79.4 Å². The van der Waals surface area contributed by atoms with E-state index in [2.05, 4.69) is 93.7 Å². The molecule has 7 aromatic heterocycles. The van der Waals surface area contributed by atoms with E-state index in [-0.39, 0.29) is 0 Å². The summed E-state index contributed by atoms with van der Waals surface area (Å²) in [7, 11) is 0. The first-order valence-corrected chi connectivity index (χ1v) is 22.9. The van der Waals surface area contributed by atoms with Crippen LogP contribution in [0.5, 0.6) is 0 Å². The fourth-order valence-electron chi connectivity index (χ4n) is 6.88. The number of nitrogens with one attached hydrogen (secondary N) is 1. The molecule has 1 nitrogen and oxygen atoms in total. The largest absolute Gasteiger partial charge is 0.377 e. The summed E-state index contributed by atoms with van der Waals surface area (Å²) in [6.45, 7) is 9.93. The second-order valence-electron chi connectivity index (χ2n) is 13.2. The van der Waals surface area contributed by atoms with Crippen LogP contribution in [0.2, 0.25) is 0 Å². The third kappa shape index (κ3) is 5.91. The van der Waals surface area contributed by atoms with Crippen LogP contribution in [0, 0.1) is 20.8 Å². The Hall–Kier alpha value is -2.56. The minimum atomic E-state index is 1.10. The van der Waals surface area contributed by atoms with Crippen molar-refractivity contribution >= 4 is 162 Å². The molecule has 0 radical (unpaired) electrons. The van der Waals surface area contributed by atoms with E-state index >= 15 is 0 Å². The van der Waals surface area contributed by atoms with E-state index in [0.717, 1.165) is 6.54 Å². The summed E-state index contributed by atoms with van der Waals surface area (Å²) in [5.74, 6) is 0. The lowest BCUT2D eigenvalue weighted by molar-refractivity contribution is 0.617. The zero-order valence-corrected chi connectivity index (χ0v) is 33.8. The van der Waals surface area contributed by atoms with Crippen LogP contribution in [0.25, 0.3) is 77.9 Å². The Labute approximate surface area is 314 Å². The van der Waals surface area contributed by atoms with Crippen molar-refractivity contribution in [3.05, 3.63) is 76.7 Å². The highest BCUT2D eigenvalue weighted by atomic mass is 32.1. The summed E-state index contributed by atoms with van der Waals surface area (Å²) in [5.41, 5.74) is 2.69. The van der Waals surface area contributed by atoms with E-state index < -0.39 is 0 Å². The molecule has 7 heterocycles. The van der Waals surface area contributed by atoms with Gasteiger partial charge in [-0.05, 0) is 74.7 Å². The molecule has 0 aliphatic rings. The molecule has 0 spiro atoms. The maximum atomic E-state index is 3.67. The molecule has 0 aliphatic carbocycles. The summed E-state index contributed by atoms with van der Waals surface area (Å²) in [5, 5.41) is 10.7. The first-order valence-electron chi connectivity index (χ1n) is 17.2. The van der Waals surface area contributed by atoms with Gasteiger partial charge in [-0.1, -0.05) is 63.3 Å². The molecule has 0 fully saturated rings. The van der Waals surface area contributed by atoms with Gasteiger partial charge in [0.1, 0.15) is 0 Å². The summed E-state index contributed by atoms with van der Waals surface area (Å²) < 4.78 is 17.4. The summed E-state index contributed by atoms with van der Waals surface area (Å²) >= 11 is 13.6. The van der Waals surface area contributed by atoms with E-state index in [1.54, 1.807) is 0 Å². The Bertz CT molecular complexity index is 2700. The number of benzene rings is 3. The van der Waals surface area contributed by atoms with Gasteiger partial charge in [-0.25, -0.2) is 0 Å². The lowest BCUT2D eigenvalue weighted by Gasteiger charge is -2.03. The summed E-state index contributed by atoms with van der Waals surface area (Å²) in [6, 6.07) is 23.2. The molecular weight excluding hydrogens is 731 g/mol. The van der Waals surface area contributed by atoms with Crippen LogP contribution in [-0.2, 0) is 0 Å². The lowest BCUT2D eigenvalue weighted by Crippen LogP contribution is -1.99. The summed E-state index contributed by atoms with van der Waals surface area (Å²) in [6.07, 6.45) is 8.12. The van der Waals surface area contributed by atoms with Gasteiger partial charge in [0.25, 0.3) is 0 Å². The molecule has 0 saturated heterocycles. The number of fused-ring (bicyclic) bond motifs is 13. The van der Waals surface area contributed by atoms with Crippen molar-refractivity contribution in [2.45, 2.75) is 66.2 Å². The van der Waals surface area contributed by atoms with Gasteiger partial charge in [-0.2, -0.15) is 0 Å². The quantitative estimate of drug-likeness (QED) is 0.152. The van der Waals surface area contributed by atoms with Crippen molar-refractivity contribution in [1.29, 1.82) is 0 Å². The molecule has 0 amide bonds. The molecule has 8 heteroatoms. The van der Waals surface area contributed by atoms with Crippen LogP contribution in [0.3, 0.4) is 0 Å². The standard InChI is InChI=1S/C23H25NS4.C18H12S3/c1-3-4-5-6-7-8-9-24-21-13-20-23(28-21)16-12-17-15(11-18(16)27-20)22-19(26-17)10-14(2)25-22;1-9-3-5-11-13(7-9)19-17-15(11)21-16-12-6-4-10(2)8-14(12)20-18(16)17/h10-13,24H,3-9H2,1-2H3;3-8H,1-2H3. The molecular formula is C41H37NS7. The van der Waals surface area contributed by atoms with Crippen LogP contribution < -0.4 is 5.32 Å². The van der Waals surface area contributed by atoms with Crippen molar-refractivity contribution < 1.29 is 0 Å². The molecule has 10 aromatic rings. The number of hydrogen-bond acceptors (Lipinski definition) is 8. The summed E-state index contributed by atoms with van der Waals surface area (Å²) in [4.78, 5) is 1.41. The van der Waals surface area contributed by atoms with Crippen LogP contribution >= 0.6 is 79.4 Å². The fourth-order valence-corrected chi connectivity index (χ4v) is 16.3. The Morgan fingerprint density at radius 2 is 0.980 bits per heavy atom. The molecule has 3 aromatic carbocycles. The van der Waals surface area contributed by atoms with Crippen LogP contribution in [0.1, 0.15) is 61.5 Å². The van der Waals surface area contributed by atoms with E-state index in [9.17, 15) is 0 Å². The number of hydrogen-bond donors (Lipinski definition) is 1. The molecule has 248 valence electrons. The molecule has 0 aliphatic heterocycles. The number of aryl methyl sites for hydroxylation is 3. The number of rotatable bonds is 8. The van der Waals surface area contributed by atoms with Crippen molar-refractivity contribution in [1.82, 2.24) is 0 Å². The van der Waals surface area contributed by atoms with Crippen molar-refractivity contribution in [2.75, 3.05) is 11.9 Å². The zero-order chi connectivity index (χ0) is 33.2. The van der Waals surface area contributed by atoms with E-state index in [0.29, 0.717) is 0 Å². The number of unbranched alkanes of at least 4 members (excludes halogenated alkanes) is 5. The Balaban J connectivity index is 0.000000138. The second-order valence-corrected chi connectivity index (χ2v) is 20.8. The van der Waals surface area contributed by atoms with Gasteiger partial charge in [-0.3, -0.25) is 0 Å². The Kier molecular flexibility index (Phi) is 8.72. The number of anilines is 1. The van der Waals surface area contributed by atoms with Gasteiger partial charge >= 0.3 is 0 Å². The first kappa shape index (κ1) is 32.4. The topological polar surface area (TPSA) is 12.0 Å². The van der Waals surface area contributed by atoms with Gasteiger partial charge in [0.15, 0.2) is 0 Å². The van der Waals surface area contributed by atoms with Crippen molar-refractivity contribution in [3.8, 4) is 0 Å². The second kappa shape index (κ2) is 13.2. The van der Waals surface area contributed by atoms with Gasteiger partial charge in [0.2, 0.25) is 0 Å². The van der Waals surface area contributed by atoms with Gasteiger partial charge < -0.3 is 5.32 Å². The van der Waals surface area contributed by atoms with Gasteiger partial charge in [0.05, 0.1) is 33.2 Å². The third-order valence-corrected chi connectivity index (χ3v) is 18.0. The monoisotopic (exact) mass is 767 g/mol. The predicted molar refractivity (Wildman–Crippen MR) is 234 cm³/mol. The van der Waals surface area contributed by atoms with E-state index in [1.165, 1.54) is 137 Å². The Morgan fingerprint density at radius 1 is 0.429 bits per heavy atom. The number of thiophene rings is 7. The average molecular weight is 768 g/mol. The maximum absolute atomic E-state index is 3.67. The maximum Gasteiger partial charge on any atom is 0.0903 e. The van der Waals surface area contributed by atoms with E-state index in [4.69, 9.17) is 0 Å². The predicted octanol–water partition coefficient (Wildman–Crippen LogP) is 16.7. The highest BCUT2D eigenvalue weighted by molar-refractivity contribution is 7.43. The Morgan fingerprint density at radius 3 is 1.61 bits per heavy atom. The third-order valence-electron chi connectivity index (χ3n) is 9.37. The van der Waals surface area contributed by atoms with Crippen LogP contribution in [-0.4, -0.2) is 6.54 Å². The fraction of sp³-hybridized carbons (Fsp3) is 0.268. The smallest absolute Gasteiger partial charge is 0.0903 e. The SMILES string of the molecule is CCCCCCCCNc1cc2sc3cc4c(cc3c2s1)sc1cc(C)sc14.Cc1ccc2c(c1)sc1c2sc2c3ccc(C)cc3sc21. The molecule has 10 rings (SSSR count). The minimum absolute atomic E-state index is 1.10. The molecule has 0 saturated carbocycles. The molecule has 0 atom stereocenters. The highest BCUT2D eigenvalue weighted by Crippen LogP contribution is 2.50. The lowest BCUT2D eigenvalue weighted by atomic mass is 10.1. The van der Waals surface area contributed by atoms with Crippen LogP contribution in [0.15, 0.2) is 60.7 Å². The highest BCUT2D eigenvalue weighted by Gasteiger charge is 2.17. The first-order chi connectivity index (χ1) is 23.9.